The van der Waals surface area contributed by atoms with Gasteiger partial charge in [0.2, 0.25) is 5.82 Å². The molecule has 8 nitrogen and oxygen atoms in total. The highest BCUT2D eigenvalue weighted by atomic mass is 16.5. The first-order valence-electron chi connectivity index (χ1n) is 12.4. The zero-order chi connectivity index (χ0) is 26.0. The molecule has 0 fully saturated rings. The molecule has 37 heavy (non-hydrogen) atoms. The van der Waals surface area contributed by atoms with Gasteiger partial charge in [0.15, 0.2) is 0 Å². The number of ether oxygens (including phenoxy) is 1. The number of nitrogens with one attached hydrogen (secondary N) is 1. The molecule has 0 bridgehead atoms. The van der Waals surface area contributed by atoms with E-state index in [1.807, 2.05) is 92.0 Å². The molecule has 0 unspecified atom stereocenters. The Bertz CT molecular complexity index is 1540. The molecule has 5 rings (SSSR count). The Kier molecular flexibility index (Phi) is 6.56. The van der Waals surface area contributed by atoms with Gasteiger partial charge in [-0.2, -0.15) is 5.21 Å². The lowest BCUT2D eigenvalue weighted by molar-refractivity contribution is -0.155. The molecule has 188 valence electrons. The number of hydrogen-bond donors (Lipinski definition) is 1. The number of aryl methyl sites for hydroxylation is 2. The molecule has 0 atom stereocenters. The fourth-order valence-electron chi connectivity index (χ4n) is 4.54. The number of nitrogens with zero attached hydrogens (tertiary/aromatic N) is 5. The summed E-state index contributed by atoms with van der Waals surface area (Å²) in [5.74, 6) is 0.251. The highest BCUT2D eigenvalue weighted by molar-refractivity contribution is 5.81. The minimum absolute atomic E-state index is 0.180. The van der Waals surface area contributed by atoms with E-state index >= 15 is 0 Å². The van der Waals surface area contributed by atoms with Crippen molar-refractivity contribution in [3.05, 3.63) is 89.4 Å². The van der Waals surface area contributed by atoms with Gasteiger partial charge in [-0.05, 0) is 73.2 Å². The van der Waals surface area contributed by atoms with E-state index in [1.54, 1.807) is 0 Å². The number of esters is 1. The fraction of sp³-hybridized carbons (Fsp3) is 0.276. The first kappa shape index (κ1) is 24.4. The Hall–Kier alpha value is -4.33. The molecule has 3 heterocycles. The van der Waals surface area contributed by atoms with Crippen LogP contribution in [0.4, 0.5) is 0 Å². The number of benzene rings is 2. The summed E-state index contributed by atoms with van der Waals surface area (Å²) in [5.41, 5.74) is 7.06. The van der Waals surface area contributed by atoms with Gasteiger partial charge in [-0.1, -0.05) is 55.5 Å². The molecule has 8 heteroatoms. The normalized spacial score (nSPS) is 11.7. The zero-order valence-corrected chi connectivity index (χ0v) is 21.5. The monoisotopic (exact) mass is 494 g/mol. The molecule has 0 spiro atoms. The number of aromatic amines is 1. The maximum atomic E-state index is 13.2. The van der Waals surface area contributed by atoms with Gasteiger partial charge >= 0.3 is 5.97 Å². The van der Waals surface area contributed by atoms with Gasteiger partial charge in [-0.15, -0.1) is 10.2 Å². The van der Waals surface area contributed by atoms with Gasteiger partial charge in [-0.3, -0.25) is 4.79 Å². The number of pyridine rings is 1. The predicted octanol–water partition coefficient (Wildman–Crippen LogP) is 5.36. The van der Waals surface area contributed by atoms with Gasteiger partial charge in [0.1, 0.15) is 12.3 Å². The number of carbonyl (C=O) groups excluding carboxylic acids is 1. The van der Waals surface area contributed by atoms with E-state index < -0.39 is 5.41 Å². The number of carbonyl (C=O) groups is 1. The quantitative estimate of drug-likeness (QED) is 0.292. The Balaban J connectivity index is 1.36. The minimum atomic E-state index is -0.740. The number of hydrogen-bond acceptors (Lipinski definition) is 6. The van der Waals surface area contributed by atoms with E-state index in [0.29, 0.717) is 12.2 Å². The van der Waals surface area contributed by atoms with Crippen LogP contribution in [-0.2, 0) is 29.0 Å². The Morgan fingerprint density at radius 2 is 1.86 bits per heavy atom. The Morgan fingerprint density at radius 1 is 1.05 bits per heavy atom. The largest absolute Gasteiger partial charge is 0.459 e. The van der Waals surface area contributed by atoms with E-state index in [2.05, 4.69) is 32.5 Å². The van der Waals surface area contributed by atoms with Crippen LogP contribution in [-0.4, -0.2) is 36.0 Å². The third-order valence-corrected chi connectivity index (χ3v) is 6.61. The van der Waals surface area contributed by atoms with Gasteiger partial charge < -0.3 is 9.14 Å². The molecule has 2 aromatic carbocycles. The Morgan fingerprint density at radius 3 is 2.59 bits per heavy atom. The van der Waals surface area contributed by atoms with Crippen molar-refractivity contribution in [3.63, 3.8) is 0 Å². The zero-order valence-electron chi connectivity index (χ0n) is 21.5. The van der Waals surface area contributed by atoms with Crippen molar-refractivity contribution in [3.8, 4) is 22.5 Å². The van der Waals surface area contributed by atoms with Crippen molar-refractivity contribution >= 4 is 11.6 Å². The maximum absolute atomic E-state index is 13.2. The van der Waals surface area contributed by atoms with Crippen molar-refractivity contribution in [1.29, 1.82) is 0 Å². The van der Waals surface area contributed by atoms with Crippen molar-refractivity contribution < 1.29 is 9.53 Å². The van der Waals surface area contributed by atoms with Crippen LogP contribution in [0.3, 0.4) is 0 Å². The minimum Gasteiger partial charge on any atom is -0.459 e. The SMILES string of the molecule is CCc1cn2c(COC(=O)C(C)(C)Cc3ccc(-c4ccccc4)c(-c4nn[nH]n4)c3)ccc(C)c2n1. The lowest BCUT2D eigenvalue weighted by atomic mass is 9.84. The summed E-state index contributed by atoms with van der Waals surface area (Å²) in [4.78, 5) is 17.9. The van der Waals surface area contributed by atoms with Crippen LogP contribution in [0.15, 0.2) is 66.9 Å². The summed E-state index contributed by atoms with van der Waals surface area (Å²) in [7, 11) is 0. The molecule has 5 aromatic rings. The highest BCUT2D eigenvalue weighted by Gasteiger charge is 2.30. The summed E-state index contributed by atoms with van der Waals surface area (Å²) >= 11 is 0. The molecular formula is C29H30N6O2. The van der Waals surface area contributed by atoms with Crippen molar-refractivity contribution in [2.24, 2.45) is 5.41 Å². The average Bonchev–Trinajstić information content (AvgIpc) is 3.59. The van der Waals surface area contributed by atoms with Crippen LogP contribution in [0.5, 0.6) is 0 Å². The van der Waals surface area contributed by atoms with E-state index in [-0.39, 0.29) is 12.6 Å². The maximum Gasteiger partial charge on any atom is 0.312 e. The summed E-state index contributed by atoms with van der Waals surface area (Å²) < 4.78 is 7.85. The van der Waals surface area contributed by atoms with E-state index in [1.165, 1.54) is 0 Å². The molecule has 0 aliphatic rings. The molecule has 0 aliphatic heterocycles. The standard InChI is InChI=1S/C29H30N6O2/c1-5-22-17-35-23(13-11-19(2)27(35)30-22)18-37-28(36)29(3,4)16-20-12-14-24(21-9-7-6-8-10-21)25(15-20)26-31-33-34-32-26/h6-15,17H,5,16,18H2,1-4H3,(H,31,32,33,34). The van der Waals surface area contributed by atoms with Gasteiger partial charge in [-0.25, -0.2) is 4.98 Å². The van der Waals surface area contributed by atoms with Crippen LogP contribution >= 0.6 is 0 Å². The van der Waals surface area contributed by atoms with Crippen LogP contribution < -0.4 is 0 Å². The number of fused-ring (bicyclic) bond motifs is 1. The number of imidazole rings is 1. The molecule has 0 aliphatic carbocycles. The summed E-state index contributed by atoms with van der Waals surface area (Å²) in [6.07, 6.45) is 3.37. The molecule has 0 saturated heterocycles. The van der Waals surface area contributed by atoms with Crippen molar-refractivity contribution in [2.45, 2.75) is 47.1 Å². The molecule has 1 N–H and O–H groups in total. The van der Waals surface area contributed by atoms with Gasteiger partial charge in [0.05, 0.1) is 16.8 Å². The smallest absolute Gasteiger partial charge is 0.312 e. The third-order valence-electron chi connectivity index (χ3n) is 6.61. The summed E-state index contributed by atoms with van der Waals surface area (Å²) in [6.45, 7) is 8.11. The predicted molar refractivity (Wildman–Crippen MR) is 142 cm³/mol. The number of tetrazole rings is 1. The highest BCUT2D eigenvalue weighted by Crippen LogP contribution is 2.33. The lowest BCUT2D eigenvalue weighted by Crippen LogP contribution is -2.29. The van der Waals surface area contributed by atoms with E-state index in [9.17, 15) is 4.79 Å². The summed E-state index contributed by atoms with van der Waals surface area (Å²) in [5, 5.41) is 14.7. The van der Waals surface area contributed by atoms with Crippen LogP contribution in [0.2, 0.25) is 0 Å². The first-order valence-corrected chi connectivity index (χ1v) is 12.4. The van der Waals surface area contributed by atoms with Crippen LogP contribution in [0.25, 0.3) is 28.2 Å². The number of aromatic nitrogens is 6. The number of H-pyrrole nitrogens is 1. The Labute approximate surface area is 215 Å². The first-order chi connectivity index (χ1) is 17.9. The average molecular weight is 495 g/mol. The second-order valence-electron chi connectivity index (χ2n) is 9.91. The van der Waals surface area contributed by atoms with Crippen LogP contribution in [0.1, 0.15) is 43.3 Å². The second-order valence-corrected chi connectivity index (χ2v) is 9.91. The third kappa shape index (κ3) is 5.00. The van der Waals surface area contributed by atoms with Crippen molar-refractivity contribution in [1.82, 2.24) is 30.0 Å². The molecule has 0 radical (unpaired) electrons. The molecule has 3 aromatic heterocycles. The topological polar surface area (TPSA) is 98.1 Å². The van der Waals surface area contributed by atoms with Gasteiger partial charge in [0, 0.05) is 11.8 Å². The molecule has 0 amide bonds. The molecular weight excluding hydrogens is 464 g/mol. The molecule has 0 saturated carbocycles. The van der Waals surface area contributed by atoms with Crippen LogP contribution in [0, 0.1) is 12.3 Å². The van der Waals surface area contributed by atoms with E-state index in [0.717, 1.165) is 51.3 Å². The van der Waals surface area contributed by atoms with Crippen molar-refractivity contribution in [2.75, 3.05) is 0 Å². The van der Waals surface area contributed by atoms with Gasteiger partial charge in [0.25, 0.3) is 0 Å². The summed E-state index contributed by atoms with van der Waals surface area (Å²) in [6, 6.07) is 20.2. The lowest BCUT2D eigenvalue weighted by Gasteiger charge is -2.23. The van der Waals surface area contributed by atoms with E-state index in [4.69, 9.17) is 4.74 Å². The number of rotatable bonds is 8. The fourth-order valence-corrected chi connectivity index (χ4v) is 4.54. The second kappa shape index (κ2) is 9.97.